The third-order valence-corrected chi connectivity index (χ3v) is 2.53. The van der Waals surface area contributed by atoms with Gasteiger partial charge >= 0.3 is 5.97 Å². The molecule has 94 valence electrons. The Bertz CT molecular complexity index is 375. The second-order valence-corrected chi connectivity index (χ2v) is 3.75. The first-order valence-corrected chi connectivity index (χ1v) is 5.37. The van der Waals surface area contributed by atoms with Gasteiger partial charge in [-0.15, -0.1) is 0 Å². The number of aromatic nitrogens is 2. The van der Waals surface area contributed by atoms with Crippen molar-refractivity contribution in [2.45, 2.75) is 19.4 Å². The maximum absolute atomic E-state index is 12.0. The topological polar surface area (TPSA) is 64.4 Å². The molecule has 1 aromatic rings. The van der Waals surface area contributed by atoms with Gasteiger partial charge in [0.2, 0.25) is 5.91 Å². The lowest BCUT2D eigenvalue weighted by molar-refractivity contribution is -0.141. The van der Waals surface area contributed by atoms with Gasteiger partial charge in [0.15, 0.2) is 0 Å². The van der Waals surface area contributed by atoms with E-state index in [1.807, 2.05) is 0 Å². The van der Waals surface area contributed by atoms with Crippen molar-refractivity contribution in [2.24, 2.45) is 0 Å². The van der Waals surface area contributed by atoms with Crippen molar-refractivity contribution in [3.8, 4) is 0 Å². The van der Waals surface area contributed by atoms with Crippen LogP contribution < -0.4 is 0 Å². The van der Waals surface area contributed by atoms with Crippen LogP contribution in [-0.2, 0) is 14.3 Å². The molecule has 1 amide bonds. The molecule has 6 heteroatoms. The number of amides is 1. The fourth-order valence-electron chi connectivity index (χ4n) is 1.41. The largest absolute Gasteiger partial charge is 0.469 e. The number of esters is 1. The molecule has 0 saturated heterocycles. The molecule has 1 atom stereocenters. The molecule has 0 fully saturated rings. The van der Waals surface area contributed by atoms with E-state index in [9.17, 15) is 9.59 Å². The first kappa shape index (κ1) is 13.2. The molecule has 1 aromatic heterocycles. The van der Waals surface area contributed by atoms with E-state index in [1.54, 1.807) is 37.1 Å². The van der Waals surface area contributed by atoms with Crippen LogP contribution >= 0.6 is 0 Å². The Hall–Kier alpha value is -1.85. The van der Waals surface area contributed by atoms with Gasteiger partial charge in [-0.25, -0.2) is 0 Å². The summed E-state index contributed by atoms with van der Waals surface area (Å²) in [6, 6.07) is 1.39. The SMILES string of the molecule is COC(=O)CCN(C)C(=O)C(C)n1cccn1. The predicted molar refractivity (Wildman–Crippen MR) is 61.2 cm³/mol. The maximum atomic E-state index is 12.0. The first-order chi connectivity index (χ1) is 8.06. The molecule has 6 nitrogen and oxygen atoms in total. The molecule has 0 aromatic carbocycles. The van der Waals surface area contributed by atoms with E-state index in [0.29, 0.717) is 6.54 Å². The van der Waals surface area contributed by atoms with Crippen LogP contribution in [-0.4, -0.2) is 47.3 Å². The van der Waals surface area contributed by atoms with Crippen molar-refractivity contribution < 1.29 is 14.3 Å². The first-order valence-electron chi connectivity index (χ1n) is 5.37. The highest BCUT2D eigenvalue weighted by atomic mass is 16.5. The maximum Gasteiger partial charge on any atom is 0.307 e. The summed E-state index contributed by atoms with van der Waals surface area (Å²) >= 11 is 0. The van der Waals surface area contributed by atoms with Crippen molar-refractivity contribution in [2.75, 3.05) is 20.7 Å². The Morgan fingerprint density at radius 2 is 2.24 bits per heavy atom. The fourth-order valence-corrected chi connectivity index (χ4v) is 1.41. The number of rotatable bonds is 5. The number of likely N-dealkylation sites (N-methyl/N-ethyl adjacent to an activating group) is 1. The molecule has 0 N–H and O–H groups in total. The number of nitrogens with zero attached hydrogens (tertiary/aromatic N) is 3. The molecule has 1 heterocycles. The van der Waals surface area contributed by atoms with Crippen LogP contribution in [0.4, 0.5) is 0 Å². The standard InChI is InChI=1S/C11H17N3O3/c1-9(14-7-4-6-12-14)11(16)13(2)8-5-10(15)17-3/h4,6-7,9H,5,8H2,1-3H3. The van der Waals surface area contributed by atoms with Crippen molar-refractivity contribution in [3.05, 3.63) is 18.5 Å². The summed E-state index contributed by atoms with van der Waals surface area (Å²) in [6.45, 7) is 2.11. The normalized spacial score (nSPS) is 11.9. The van der Waals surface area contributed by atoms with E-state index in [-0.39, 0.29) is 24.3 Å². The zero-order valence-corrected chi connectivity index (χ0v) is 10.3. The molecular weight excluding hydrogens is 222 g/mol. The lowest BCUT2D eigenvalue weighted by Crippen LogP contribution is -2.34. The summed E-state index contributed by atoms with van der Waals surface area (Å²) in [5, 5.41) is 4.01. The highest BCUT2D eigenvalue weighted by Crippen LogP contribution is 2.07. The summed E-state index contributed by atoms with van der Waals surface area (Å²) in [4.78, 5) is 24.4. The Labute approximate surface area is 100 Å². The summed E-state index contributed by atoms with van der Waals surface area (Å²) < 4.78 is 6.10. The smallest absolute Gasteiger partial charge is 0.307 e. The van der Waals surface area contributed by atoms with Gasteiger partial charge in [0.05, 0.1) is 13.5 Å². The van der Waals surface area contributed by atoms with E-state index in [2.05, 4.69) is 9.84 Å². The molecule has 0 saturated carbocycles. The van der Waals surface area contributed by atoms with Crippen LogP contribution in [0.3, 0.4) is 0 Å². The molecule has 0 radical (unpaired) electrons. The van der Waals surface area contributed by atoms with Gasteiger partial charge in [0.1, 0.15) is 6.04 Å². The van der Waals surface area contributed by atoms with Crippen LogP contribution in [0.5, 0.6) is 0 Å². The third-order valence-electron chi connectivity index (χ3n) is 2.53. The Kier molecular flexibility index (Phi) is 4.68. The molecule has 0 bridgehead atoms. The average molecular weight is 239 g/mol. The van der Waals surface area contributed by atoms with E-state index >= 15 is 0 Å². The van der Waals surface area contributed by atoms with Gasteiger partial charge in [-0.1, -0.05) is 0 Å². The molecule has 0 aliphatic carbocycles. The number of carbonyl (C=O) groups excluding carboxylic acids is 2. The van der Waals surface area contributed by atoms with Gasteiger partial charge < -0.3 is 9.64 Å². The molecule has 0 spiro atoms. The summed E-state index contributed by atoms with van der Waals surface area (Å²) in [5.74, 6) is -0.408. The average Bonchev–Trinajstić information content (AvgIpc) is 2.87. The van der Waals surface area contributed by atoms with Crippen LogP contribution in [0.25, 0.3) is 0 Å². The third kappa shape index (κ3) is 3.58. The quantitative estimate of drug-likeness (QED) is 0.700. The van der Waals surface area contributed by atoms with Gasteiger partial charge in [-0.2, -0.15) is 5.10 Å². The second kappa shape index (κ2) is 6.03. The van der Waals surface area contributed by atoms with Gasteiger partial charge in [0.25, 0.3) is 0 Å². The van der Waals surface area contributed by atoms with E-state index in [0.717, 1.165) is 0 Å². The van der Waals surface area contributed by atoms with Crippen molar-refractivity contribution in [1.29, 1.82) is 0 Å². The van der Waals surface area contributed by atoms with Gasteiger partial charge in [0, 0.05) is 26.0 Å². The van der Waals surface area contributed by atoms with Crippen LogP contribution in [0.2, 0.25) is 0 Å². The van der Waals surface area contributed by atoms with Gasteiger partial charge in [-0.3, -0.25) is 14.3 Å². The summed E-state index contributed by atoms with van der Waals surface area (Å²) in [7, 11) is 2.99. The number of methoxy groups -OCH3 is 1. The minimum absolute atomic E-state index is 0.0856. The van der Waals surface area contributed by atoms with E-state index in [1.165, 1.54) is 12.0 Å². The number of carbonyl (C=O) groups is 2. The monoisotopic (exact) mass is 239 g/mol. The van der Waals surface area contributed by atoms with E-state index < -0.39 is 0 Å². The molecule has 0 aliphatic rings. The highest BCUT2D eigenvalue weighted by molar-refractivity contribution is 5.80. The second-order valence-electron chi connectivity index (χ2n) is 3.75. The minimum Gasteiger partial charge on any atom is -0.469 e. The lowest BCUT2D eigenvalue weighted by Gasteiger charge is -2.21. The molecule has 0 aliphatic heterocycles. The van der Waals surface area contributed by atoms with E-state index in [4.69, 9.17) is 0 Å². The molecular formula is C11H17N3O3. The Morgan fingerprint density at radius 3 is 2.76 bits per heavy atom. The van der Waals surface area contributed by atoms with Crippen molar-refractivity contribution >= 4 is 11.9 Å². The van der Waals surface area contributed by atoms with Crippen LogP contribution in [0, 0.1) is 0 Å². The molecule has 1 rings (SSSR count). The minimum atomic E-state index is -0.368. The Balaban J connectivity index is 2.49. The fraction of sp³-hybridized carbons (Fsp3) is 0.545. The number of hydrogen-bond donors (Lipinski definition) is 0. The predicted octanol–water partition coefficient (Wildman–Crippen LogP) is 0.466. The zero-order valence-electron chi connectivity index (χ0n) is 10.3. The van der Waals surface area contributed by atoms with Crippen LogP contribution in [0.1, 0.15) is 19.4 Å². The number of hydrogen-bond acceptors (Lipinski definition) is 4. The zero-order chi connectivity index (χ0) is 12.8. The van der Waals surface area contributed by atoms with Crippen LogP contribution in [0.15, 0.2) is 18.5 Å². The summed E-state index contributed by atoms with van der Waals surface area (Å²) in [6.07, 6.45) is 3.56. The lowest BCUT2D eigenvalue weighted by atomic mass is 10.3. The Morgan fingerprint density at radius 1 is 1.53 bits per heavy atom. The molecule has 17 heavy (non-hydrogen) atoms. The van der Waals surface area contributed by atoms with Crippen molar-refractivity contribution in [3.63, 3.8) is 0 Å². The van der Waals surface area contributed by atoms with Gasteiger partial charge in [-0.05, 0) is 13.0 Å². The molecule has 1 unspecified atom stereocenters. The number of ether oxygens (including phenoxy) is 1. The summed E-state index contributed by atoms with van der Waals surface area (Å²) in [5.41, 5.74) is 0. The van der Waals surface area contributed by atoms with Crippen molar-refractivity contribution in [1.82, 2.24) is 14.7 Å². The highest BCUT2D eigenvalue weighted by Gasteiger charge is 2.19.